The summed E-state index contributed by atoms with van der Waals surface area (Å²) in [4.78, 5) is 16.5. The first-order chi connectivity index (χ1) is 14.0. The van der Waals surface area contributed by atoms with E-state index in [2.05, 4.69) is 20.9 Å². The summed E-state index contributed by atoms with van der Waals surface area (Å²) in [5.41, 5.74) is 2.36. The lowest BCUT2D eigenvalue weighted by molar-refractivity contribution is -0.129. The molecule has 29 heavy (non-hydrogen) atoms. The number of aromatic hydroxyl groups is 1. The Bertz CT molecular complexity index is 1060. The Hall–Kier alpha value is -3.38. The fourth-order valence-electron chi connectivity index (χ4n) is 2.45. The van der Waals surface area contributed by atoms with Crippen LogP contribution in [0.4, 0.5) is 5.69 Å². The van der Waals surface area contributed by atoms with Crippen molar-refractivity contribution in [1.82, 2.24) is 0 Å². The number of carbonyl (C=O) groups is 1. The number of ether oxygens (including phenoxy) is 2. The van der Waals surface area contributed by atoms with Gasteiger partial charge in [-0.1, -0.05) is 28.1 Å². The van der Waals surface area contributed by atoms with Crippen molar-refractivity contribution >= 4 is 39.9 Å². The van der Waals surface area contributed by atoms with Crippen LogP contribution in [0.3, 0.4) is 0 Å². The number of nitrogens with zero attached hydrogens (tertiary/aromatic N) is 1. The number of halogens is 1. The molecule has 0 aliphatic heterocycles. The van der Waals surface area contributed by atoms with Crippen LogP contribution in [-0.4, -0.2) is 24.4 Å². The largest absolute Gasteiger partial charge is 0.508 e. The predicted octanol–water partition coefficient (Wildman–Crippen LogP) is 5.53. The first kappa shape index (κ1) is 20.4. The van der Waals surface area contributed by atoms with Gasteiger partial charge in [-0.3, -0.25) is 4.99 Å². The van der Waals surface area contributed by atoms with Crippen molar-refractivity contribution in [2.24, 2.45) is 4.99 Å². The van der Waals surface area contributed by atoms with Crippen LogP contribution in [0.5, 0.6) is 17.2 Å². The first-order valence-electron chi connectivity index (χ1n) is 8.70. The molecule has 0 bridgehead atoms. The minimum Gasteiger partial charge on any atom is -0.508 e. The van der Waals surface area contributed by atoms with Gasteiger partial charge >= 0.3 is 5.97 Å². The molecule has 0 fully saturated rings. The van der Waals surface area contributed by atoms with Crippen LogP contribution >= 0.6 is 15.9 Å². The number of methoxy groups -OCH3 is 1. The lowest BCUT2D eigenvalue weighted by Gasteiger charge is -2.08. The summed E-state index contributed by atoms with van der Waals surface area (Å²) >= 11 is 3.39. The number of phenols is 1. The molecular weight excluding hydrogens is 434 g/mol. The second kappa shape index (κ2) is 9.71. The second-order valence-electron chi connectivity index (χ2n) is 5.99. The van der Waals surface area contributed by atoms with Crippen LogP contribution in [0.1, 0.15) is 11.1 Å². The zero-order valence-corrected chi connectivity index (χ0v) is 17.2. The molecule has 6 heteroatoms. The Labute approximate surface area is 177 Å². The Morgan fingerprint density at radius 2 is 1.79 bits per heavy atom. The van der Waals surface area contributed by atoms with Crippen LogP contribution in [-0.2, 0) is 4.79 Å². The molecule has 0 amide bonds. The Morgan fingerprint density at radius 3 is 2.52 bits per heavy atom. The molecule has 3 rings (SSSR count). The predicted molar refractivity (Wildman–Crippen MR) is 117 cm³/mol. The molecule has 0 aromatic heterocycles. The van der Waals surface area contributed by atoms with Crippen LogP contribution in [0.2, 0.25) is 0 Å². The summed E-state index contributed by atoms with van der Waals surface area (Å²) in [7, 11) is 1.50. The van der Waals surface area contributed by atoms with E-state index in [1.54, 1.807) is 54.8 Å². The molecule has 0 spiro atoms. The summed E-state index contributed by atoms with van der Waals surface area (Å²) in [6.07, 6.45) is 4.70. The number of esters is 1. The highest BCUT2D eigenvalue weighted by molar-refractivity contribution is 9.10. The molecule has 0 atom stereocenters. The molecule has 146 valence electrons. The van der Waals surface area contributed by atoms with Crippen molar-refractivity contribution in [3.8, 4) is 17.2 Å². The molecule has 0 unspecified atom stereocenters. The summed E-state index contributed by atoms with van der Waals surface area (Å²) in [6.45, 7) is 0. The molecule has 3 aromatic rings. The molecule has 0 heterocycles. The first-order valence-corrected chi connectivity index (χ1v) is 9.49. The Balaban J connectivity index is 1.69. The number of phenolic OH excluding ortho intramolecular Hbond substituents is 1. The topological polar surface area (TPSA) is 68.1 Å². The third-order valence-corrected chi connectivity index (χ3v) is 4.36. The van der Waals surface area contributed by atoms with Gasteiger partial charge in [0, 0.05) is 16.8 Å². The van der Waals surface area contributed by atoms with Gasteiger partial charge in [0.25, 0.3) is 0 Å². The number of benzene rings is 3. The average molecular weight is 452 g/mol. The highest BCUT2D eigenvalue weighted by Gasteiger charge is 2.08. The maximum absolute atomic E-state index is 12.1. The van der Waals surface area contributed by atoms with Crippen molar-refractivity contribution in [1.29, 1.82) is 0 Å². The van der Waals surface area contributed by atoms with Crippen LogP contribution in [0.15, 0.2) is 82.3 Å². The van der Waals surface area contributed by atoms with E-state index in [-0.39, 0.29) is 5.75 Å². The van der Waals surface area contributed by atoms with Gasteiger partial charge in [-0.2, -0.15) is 0 Å². The van der Waals surface area contributed by atoms with Gasteiger partial charge in [0.2, 0.25) is 0 Å². The molecular formula is C23H18BrNO4. The molecule has 0 aliphatic rings. The third-order valence-electron chi connectivity index (χ3n) is 3.87. The summed E-state index contributed by atoms with van der Waals surface area (Å²) in [6, 6.07) is 19.3. The average Bonchev–Trinajstić information content (AvgIpc) is 2.72. The van der Waals surface area contributed by atoms with E-state index < -0.39 is 5.97 Å². The van der Waals surface area contributed by atoms with Gasteiger partial charge in [0.1, 0.15) is 5.75 Å². The van der Waals surface area contributed by atoms with Crippen molar-refractivity contribution < 1.29 is 19.4 Å². The lowest BCUT2D eigenvalue weighted by Crippen LogP contribution is -2.05. The smallest absolute Gasteiger partial charge is 0.336 e. The second-order valence-corrected chi connectivity index (χ2v) is 6.91. The number of hydrogen-bond acceptors (Lipinski definition) is 5. The number of aliphatic imine (C=N–C) groups is 1. The quantitative estimate of drug-likeness (QED) is 0.231. The Morgan fingerprint density at radius 1 is 1.00 bits per heavy atom. The minimum atomic E-state index is -0.506. The maximum Gasteiger partial charge on any atom is 0.336 e. The SMILES string of the molecule is COc1cc(/C=N/c2ccc(O)cc2)ccc1OC(=O)/C=C/c1cccc(Br)c1. The van der Waals surface area contributed by atoms with Crippen molar-refractivity contribution in [3.63, 3.8) is 0 Å². The summed E-state index contributed by atoms with van der Waals surface area (Å²) in [5.74, 6) is 0.418. The van der Waals surface area contributed by atoms with Gasteiger partial charge in [0.05, 0.1) is 12.8 Å². The summed E-state index contributed by atoms with van der Waals surface area (Å²) in [5, 5.41) is 9.31. The van der Waals surface area contributed by atoms with Crippen LogP contribution in [0.25, 0.3) is 6.08 Å². The lowest BCUT2D eigenvalue weighted by atomic mass is 10.2. The third kappa shape index (κ3) is 6.05. The molecule has 0 radical (unpaired) electrons. The van der Waals surface area contributed by atoms with E-state index in [0.29, 0.717) is 17.2 Å². The Kier molecular flexibility index (Phi) is 6.81. The van der Waals surface area contributed by atoms with E-state index >= 15 is 0 Å². The summed E-state index contributed by atoms with van der Waals surface area (Å²) < 4.78 is 11.6. The zero-order chi connectivity index (χ0) is 20.6. The monoisotopic (exact) mass is 451 g/mol. The van der Waals surface area contributed by atoms with Gasteiger partial charge in [-0.05, 0) is 71.8 Å². The zero-order valence-electron chi connectivity index (χ0n) is 15.6. The fraction of sp³-hybridized carbons (Fsp3) is 0.0435. The van der Waals surface area contributed by atoms with Gasteiger partial charge in [-0.25, -0.2) is 4.79 Å². The minimum absolute atomic E-state index is 0.186. The van der Waals surface area contributed by atoms with Gasteiger partial charge < -0.3 is 14.6 Å². The molecule has 0 saturated heterocycles. The number of hydrogen-bond donors (Lipinski definition) is 1. The van der Waals surface area contributed by atoms with E-state index in [1.165, 1.54) is 13.2 Å². The fourth-order valence-corrected chi connectivity index (χ4v) is 2.87. The molecule has 0 aliphatic carbocycles. The van der Waals surface area contributed by atoms with Crippen molar-refractivity contribution in [3.05, 3.63) is 88.4 Å². The normalized spacial score (nSPS) is 11.1. The highest BCUT2D eigenvalue weighted by atomic mass is 79.9. The van der Waals surface area contributed by atoms with Crippen LogP contribution < -0.4 is 9.47 Å². The molecule has 5 nitrogen and oxygen atoms in total. The van der Waals surface area contributed by atoms with E-state index in [9.17, 15) is 9.90 Å². The highest BCUT2D eigenvalue weighted by Crippen LogP contribution is 2.28. The van der Waals surface area contributed by atoms with Crippen LogP contribution in [0, 0.1) is 0 Å². The standard InChI is InChI=1S/C23H18BrNO4/c1-28-22-14-17(15-25-19-7-9-20(26)10-8-19)5-11-21(22)29-23(27)12-6-16-3-2-4-18(24)13-16/h2-15,26H,1H3/b12-6+,25-15+. The van der Waals surface area contributed by atoms with Crippen molar-refractivity contribution in [2.75, 3.05) is 7.11 Å². The van der Waals surface area contributed by atoms with Gasteiger partial charge in [-0.15, -0.1) is 0 Å². The molecule has 0 saturated carbocycles. The van der Waals surface area contributed by atoms with E-state index in [4.69, 9.17) is 9.47 Å². The van der Waals surface area contributed by atoms with E-state index in [1.807, 2.05) is 24.3 Å². The molecule has 1 N–H and O–H groups in total. The maximum atomic E-state index is 12.1. The number of rotatable bonds is 6. The van der Waals surface area contributed by atoms with E-state index in [0.717, 1.165) is 15.6 Å². The molecule has 3 aromatic carbocycles. The van der Waals surface area contributed by atoms with Gasteiger partial charge in [0.15, 0.2) is 11.5 Å². The van der Waals surface area contributed by atoms with Crippen molar-refractivity contribution in [2.45, 2.75) is 0 Å². The number of carbonyl (C=O) groups excluding carboxylic acids is 1.